The zero-order chi connectivity index (χ0) is 23.7. The maximum atomic E-state index is 10.9. The zero-order valence-corrected chi connectivity index (χ0v) is 19.0. The van der Waals surface area contributed by atoms with Crippen molar-refractivity contribution in [1.29, 1.82) is 0 Å². The number of rotatable bonds is 7. The first-order valence-corrected chi connectivity index (χ1v) is 11.3. The maximum Gasteiger partial charge on any atom is 0.269 e. The number of hydrogen-bond donors (Lipinski definition) is 1. The van der Waals surface area contributed by atoms with Crippen molar-refractivity contribution in [1.82, 2.24) is 0 Å². The number of anilines is 1. The molecule has 0 amide bonds. The van der Waals surface area contributed by atoms with Crippen molar-refractivity contribution < 1.29 is 18.8 Å². The standard InChI is InChI=1S/C26H20N2O5S/c1-31-20-10-6-17(7-11-20)18-13-21(32-15-16-4-8-19(9-5-16)28(29)30)24-22(14-18)33-26(27)25(24)23-3-2-12-34-23/h2-14H,15,27H2,1H3. The summed E-state index contributed by atoms with van der Waals surface area (Å²) in [5.74, 6) is 1.71. The molecule has 0 saturated heterocycles. The number of fused-ring (bicyclic) bond motifs is 1. The predicted molar refractivity (Wildman–Crippen MR) is 133 cm³/mol. The first-order chi connectivity index (χ1) is 16.5. The SMILES string of the molecule is COc1ccc(-c2cc(OCc3ccc([N+](=O)[O-])cc3)c3c(-c4cccs4)c(N)oc3c2)cc1. The molecule has 0 unspecified atom stereocenters. The zero-order valence-electron chi connectivity index (χ0n) is 18.2. The Balaban J connectivity index is 1.59. The third kappa shape index (κ3) is 4.06. The van der Waals surface area contributed by atoms with Crippen LogP contribution in [0.4, 0.5) is 11.6 Å². The Kier molecular flexibility index (Phi) is 5.65. The molecule has 0 saturated carbocycles. The topological polar surface area (TPSA) is 101 Å². The number of ether oxygens (including phenoxy) is 2. The van der Waals surface area contributed by atoms with E-state index in [1.807, 2.05) is 53.9 Å². The van der Waals surface area contributed by atoms with Gasteiger partial charge in [0.25, 0.3) is 5.69 Å². The molecule has 5 aromatic rings. The number of furan rings is 1. The molecular formula is C26H20N2O5S. The number of methoxy groups -OCH3 is 1. The van der Waals surface area contributed by atoms with Gasteiger partial charge in [-0.25, -0.2) is 0 Å². The van der Waals surface area contributed by atoms with Gasteiger partial charge in [0, 0.05) is 17.0 Å². The Morgan fingerprint density at radius 3 is 2.44 bits per heavy atom. The lowest BCUT2D eigenvalue weighted by Gasteiger charge is -2.11. The van der Waals surface area contributed by atoms with E-state index in [1.54, 1.807) is 30.6 Å². The van der Waals surface area contributed by atoms with Crippen LogP contribution in [0.3, 0.4) is 0 Å². The second-order valence-corrected chi connectivity index (χ2v) is 8.55. The summed E-state index contributed by atoms with van der Waals surface area (Å²) in [5, 5.41) is 13.7. The molecule has 3 aromatic carbocycles. The summed E-state index contributed by atoms with van der Waals surface area (Å²) in [6, 6.07) is 21.9. The average Bonchev–Trinajstić information content (AvgIpc) is 3.49. The highest BCUT2D eigenvalue weighted by Crippen LogP contribution is 2.45. The molecule has 0 aliphatic rings. The number of nitro groups is 1. The number of nitro benzene ring substituents is 1. The quantitative estimate of drug-likeness (QED) is 0.204. The molecule has 7 nitrogen and oxygen atoms in total. The lowest BCUT2D eigenvalue weighted by molar-refractivity contribution is -0.384. The van der Waals surface area contributed by atoms with Crippen LogP contribution in [0, 0.1) is 10.1 Å². The van der Waals surface area contributed by atoms with E-state index in [2.05, 4.69) is 0 Å². The van der Waals surface area contributed by atoms with Crippen molar-refractivity contribution in [3.63, 3.8) is 0 Å². The van der Waals surface area contributed by atoms with Gasteiger partial charge in [0.1, 0.15) is 23.7 Å². The number of thiophene rings is 1. The van der Waals surface area contributed by atoms with Gasteiger partial charge in [-0.3, -0.25) is 10.1 Å². The van der Waals surface area contributed by atoms with Crippen LogP contribution in [0.15, 0.2) is 82.6 Å². The van der Waals surface area contributed by atoms with Crippen LogP contribution >= 0.6 is 11.3 Å². The fourth-order valence-electron chi connectivity index (χ4n) is 3.81. The van der Waals surface area contributed by atoms with Gasteiger partial charge in [-0.2, -0.15) is 0 Å². The van der Waals surface area contributed by atoms with Crippen molar-refractivity contribution >= 4 is 33.9 Å². The van der Waals surface area contributed by atoms with Crippen molar-refractivity contribution in [2.75, 3.05) is 12.8 Å². The van der Waals surface area contributed by atoms with Crippen molar-refractivity contribution in [2.45, 2.75) is 6.61 Å². The fourth-order valence-corrected chi connectivity index (χ4v) is 4.60. The minimum Gasteiger partial charge on any atom is -0.497 e. The first-order valence-electron chi connectivity index (χ1n) is 10.4. The lowest BCUT2D eigenvalue weighted by Crippen LogP contribution is -1.97. The van der Waals surface area contributed by atoms with E-state index in [1.165, 1.54) is 12.1 Å². The second kappa shape index (κ2) is 8.92. The smallest absolute Gasteiger partial charge is 0.269 e. The summed E-state index contributed by atoms with van der Waals surface area (Å²) in [4.78, 5) is 11.5. The van der Waals surface area contributed by atoms with E-state index in [4.69, 9.17) is 19.6 Å². The van der Waals surface area contributed by atoms with Crippen LogP contribution in [-0.2, 0) is 6.61 Å². The van der Waals surface area contributed by atoms with Crippen molar-refractivity contribution in [2.24, 2.45) is 0 Å². The van der Waals surface area contributed by atoms with Gasteiger partial charge in [0.2, 0.25) is 5.88 Å². The van der Waals surface area contributed by atoms with Gasteiger partial charge < -0.3 is 19.6 Å². The van der Waals surface area contributed by atoms with Crippen molar-refractivity contribution in [3.05, 3.63) is 93.9 Å². The molecule has 34 heavy (non-hydrogen) atoms. The molecule has 0 atom stereocenters. The van der Waals surface area contributed by atoms with Gasteiger partial charge >= 0.3 is 0 Å². The summed E-state index contributed by atoms with van der Waals surface area (Å²) >= 11 is 1.57. The Bertz CT molecular complexity index is 1460. The van der Waals surface area contributed by atoms with Crippen molar-refractivity contribution in [3.8, 4) is 33.1 Å². The molecule has 170 valence electrons. The van der Waals surface area contributed by atoms with Crippen LogP contribution in [0.5, 0.6) is 11.5 Å². The number of nitrogens with zero attached hydrogens (tertiary/aromatic N) is 1. The number of non-ortho nitro benzene ring substituents is 1. The van der Waals surface area contributed by atoms with Crippen LogP contribution in [0.2, 0.25) is 0 Å². The van der Waals surface area contributed by atoms with E-state index in [9.17, 15) is 10.1 Å². The van der Waals surface area contributed by atoms with E-state index in [0.29, 0.717) is 17.2 Å². The fraction of sp³-hybridized carbons (Fsp3) is 0.0769. The molecule has 8 heteroatoms. The lowest BCUT2D eigenvalue weighted by atomic mass is 10.0. The van der Waals surface area contributed by atoms with Gasteiger partial charge in [0.15, 0.2) is 0 Å². The first kappa shape index (κ1) is 21.5. The van der Waals surface area contributed by atoms with Gasteiger partial charge in [0.05, 0.1) is 23.0 Å². The molecule has 2 N–H and O–H groups in total. The molecule has 0 aliphatic carbocycles. The summed E-state index contributed by atoms with van der Waals surface area (Å²) in [5.41, 5.74) is 10.4. The Hall–Kier alpha value is -4.30. The monoisotopic (exact) mass is 472 g/mol. The van der Waals surface area contributed by atoms with Crippen LogP contribution in [0.25, 0.3) is 32.5 Å². The summed E-state index contributed by atoms with van der Waals surface area (Å²) < 4.78 is 17.5. The largest absolute Gasteiger partial charge is 0.497 e. The minimum absolute atomic E-state index is 0.0373. The molecule has 2 aromatic heterocycles. The molecule has 0 radical (unpaired) electrons. The van der Waals surface area contributed by atoms with E-state index >= 15 is 0 Å². The average molecular weight is 473 g/mol. The predicted octanol–water partition coefficient (Wildman–Crippen LogP) is 6.91. The molecule has 5 rings (SSSR count). The maximum absolute atomic E-state index is 10.9. The Morgan fingerprint density at radius 1 is 1.03 bits per heavy atom. The van der Waals surface area contributed by atoms with Gasteiger partial charge in [-0.15, -0.1) is 11.3 Å². The van der Waals surface area contributed by atoms with Crippen LogP contribution in [0.1, 0.15) is 5.56 Å². The van der Waals surface area contributed by atoms with Gasteiger partial charge in [-0.1, -0.05) is 18.2 Å². The third-order valence-electron chi connectivity index (χ3n) is 5.51. The molecular weight excluding hydrogens is 452 g/mol. The molecule has 0 bridgehead atoms. The normalized spacial score (nSPS) is 11.0. The molecule has 0 fully saturated rings. The highest BCUT2D eigenvalue weighted by molar-refractivity contribution is 7.13. The molecule has 2 heterocycles. The molecule has 0 spiro atoms. The van der Waals surface area contributed by atoms with Crippen LogP contribution in [-0.4, -0.2) is 12.0 Å². The minimum atomic E-state index is -0.423. The van der Waals surface area contributed by atoms with E-state index in [0.717, 1.165) is 38.3 Å². The summed E-state index contributed by atoms with van der Waals surface area (Å²) in [6.45, 7) is 0.230. The van der Waals surface area contributed by atoms with Crippen LogP contribution < -0.4 is 15.2 Å². The molecule has 0 aliphatic heterocycles. The highest BCUT2D eigenvalue weighted by atomic mass is 32.1. The second-order valence-electron chi connectivity index (χ2n) is 7.61. The number of hydrogen-bond acceptors (Lipinski definition) is 7. The number of benzene rings is 3. The summed E-state index contributed by atoms with van der Waals surface area (Å²) in [6.07, 6.45) is 0. The Morgan fingerprint density at radius 2 is 1.79 bits per heavy atom. The Labute approximate surface area is 199 Å². The van der Waals surface area contributed by atoms with Gasteiger partial charge in [-0.05, 0) is 64.5 Å². The van der Waals surface area contributed by atoms with E-state index < -0.39 is 4.92 Å². The van der Waals surface area contributed by atoms with E-state index in [-0.39, 0.29) is 12.3 Å². The third-order valence-corrected chi connectivity index (χ3v) is 6.40. The highest BCUT2D eigenvalue weighted by Gasteiger charge is 2.21. The number of nitrogens with two attached hydrogens (primary N) is 1. The number of nitrogen functional groups attached to an aromatic ring is 1. The summed E-state index contributed by atoms with van der Waals surface area (Å²) in [7, 11) is 1.63.